The second kappa shape index (κ2) is 8.20. The van der Waals surface area contributed by atoms with Gasteiger partial charge in [0.05, 0.1) is 0 Å². The fraction of sp³-hybridized carbons (Fsp3) is 0.333. The Kier molecular flexibility index (Phi) is 6.27. The van der Waals surface area contributed by atoms with Crippen LogP contribution in [-0.4, -0.2) is 13.6 Å². The summed E-state index contributed by atoms with van der Waals surface area (Å²) in [7, 11) is 2.13. The van der Waals surface area contributed by atoms with E-state index in [0.29, 0.717) is 0 Å². The Balaban J connectivity index is 1.93. The summed E-state index contributed by atoms with van der Waals surface area (Å²) >= 11 is 3.47. The molecular weight excluding hydrogens is 324 g/mol. The smallest absolute Gasteiger partial charge is 0.0426 e. The van der Waals surface area contributed by atoms with Crippen LogP contribution in [0.5, 0.6) is 0 Å². The van der Waals surface area contributed by atoms with E-state index in [9.17, 15) is 0 Å². The summed E-state index contributed by atoms with van der Waals surface area (Å²) in [5.74, 6) is 0. The zero-order valence-electron chi connectivity index (χ0n) is 12.8. The Hall–Kier alpha value is -1.32. The van der Waals surface area contributed by atoms with E-state index >= 15 is 0 Å². The summed E-state index contributed by atoms with van der Waals surface area (Å²) in [5.41, 5.74) is 3.90. The van der Waals surface area contributed by atoms with Crippen molar-refractivity contribution in [2.75, 3.05) is 18.5 Å². The van der Waals surface area contributed by atoms with Gasteiger partial charge in [0.1, 0.15) is 0 Å². The molecule has 0 radical (unpaired) electrons. The van der Waals surface area contributed by atoms with Crippen LogP contribution in [0.3, 0.4) is 0 Å². The lowest BCUT2D eigenvalue weighted by molar-refractivity contribution is 0.675. The average molecular weight is 347 g/mol. The maximum absolute atomic E-state index is 3.47. The molecule has 0 amide bonds. The first-order valence-electron chi connectivity index (χ1n) is 7.44. The highest BCUT2D eigenvalue weighted by molar-refractivity contribution is 9.10. The minimum Gasteiger partial charge on any atom is -0.370 e. The van der Waals surface area contributed by atoms with Gasteiger partial charge in [0.25, 0.3) is 0 Å². The Morgan fingerprint density at radius 2 is 1.57 bits per heavy atom. The molecule has 2 rings (SSSR count). The molecule has 0 atom stereocenters. The number of rotatable bonds is 7. The number of hydrogen-bond donors (Lipinski definition) is 1. The van der Waals surface area contributed by atoms with E-state index in [-0.39, 0.29) is 0 Å². The molecule has 2 aromatic carbocycles. The zero-order valence-corrected chi connectivity index (χ0v) is 14.4. The van der Waals surface area contributed by atoms with Crippen LogP contribution >= 0.6 is 15.9 Å². The first kappa shape index (κ1) is 16.1. The maximum Gasteiger partial charge on any atom is 0.0426 e. The lowest BCUT2D eigenvalue weighted by Gasteiger charge is -2.20. The fourth-order valence-electron chi connectivity index (χ4n) is 2.23. The van der Waals surface area contributed by atoms with Crippen LogP contribution in [0.1, 0.15) is 24.5 Å². The molecule has 21 heavy (non-hydrogen) atoms. The fourth-order valence-corrected chi connectivity index (χ4v) is 2.50. The van der Waals surface area contributed by atoms with Gasteiger partial charge in [-0.1, -0.05) is 47.1 Å². The predicted molar refractivity (Wildman–Crippen MR) is 94.7 cm³/mol. The van der Waals surface area contributed by atoms with Gasteiger partial charge in [0, 0.05) is 30.3 Å². The Morgan fingerprint density at radius 3 is 2.19 bits per heavy atom. The largest absolute Gasteiger partial charge is 0.370 e. The lowest BCUT2D eigenvalue weighted by Crippen LogP contribution is -2.17. The van der Waals surface area contributed by atoms with E-state index in [1.54, 1.807) is 0 Å². The summed E-state index contributed by atoms with van der Waals surface area (Å²) < 4.78 is 1.12. The average Bonchev–Trinajstić information content (AvgIpc) is 2.50. The van der Waals surface area contributed by atoms with Crippen LogP contribution in [0.2, 0.25) is 0 Å². The molecule has 0 spiro atoms. The van der Waals surface area contributed by atoms with Crippen molar-refractivity contribution in [1.29, 1.82) is 0 Å². The van der Waals surface area contributed by atoms with Crippen LogP contribution in [0, 0.1) is 0 Å². The van der Waals surface area contributed by atoms with Gasteiger partial charge >= 0.3 is 0 Å². The van der Waals surface area contributed by atoms with Crippen molar-refractivity contribution in [1.82, 2.24) is 5.32 Å². The zero-order chi connectivity index (χ0) is 15.1. The van der Waals surface area contributed by atoms with Gasteiger partial charge in [-0.3, -0.25) is 0 Å². The second-order valence-electron chi connectivity index (χ2n) is 5.33. The predicted octanol–water partition coefficient (Wildman–Crippen LogP) is 4.59. The normalized spacial score (nSPS) is 10.6. The van der Waals surface area contributed by atoms with Gasteiger partial charge in [-0.25, -0.2) is 0 Å². The van der Waals surface area contributed by atoms with Gasteiger partial charge < -0.3 is 10.2 Å². The number of nitrogens with zero attached hydrogens (tertiary/aromatic N) is 1. The minimum absolute atomic E-state index is 0.917. The molecule has 0 heterocycles. The van der Waals surface area contributed by atoms with Crippen molar-refractivity contribution in [2.45, 2.75) is 26.4 Å². The van der Waals surface area contributed by atoms with Gasteiger partial charge in [-0.05, 0) is 48.4 Å². The molecular formula is C18H23BrN2. The van der Waals surface area contributed by atoms with Crippen LogP contribution in [-0.2, 0) is 13.1 Å². The third-order valence-electron chi connectivity index (χ3n) is 3.47. The van der Waals surface area contributed by atoms with Crippen molar-refractivity contribution in [2.24, 2.45) is 0 Å². The quantitative estimate of drug-likeness (QED) is 0.738. The lowest BCUT2D eigenvalue weighted by atomic mass is 10.1. The molecule has 3 heteroatoms. The first-order chi connectivity index (χ1) is 10.2. The third kappa shape index (κ3) is 5.18. The monoisotopic (exact) mass is 346 g/mol. The van der Waals surface area contributed by atoms with E-state index in [4.69, 9.17) is 0 Å². The Morgan fingerprint density at radius 1 is 0.952 bits per heavy atom. The van der Waals surface area contributed by atoms with E-state index in [1.165, 1.54) is 23.2 Å². The third-order valence-corrected chi connectivity index (χ3v) is 3.99. The van der Waals surface area contributed by atoms with Crippen LogP contribution < -0.4 is 10.2 Å². The van der Waals surface area contributed by atoms with Crippen molar-refractivity contribution in [3.63, 3.8) is 0 Å². The topological polar surface area (TPSA) is 15.3 Å². The summed E-state index contributed by atoms with van der Waals surface area (Å²) in [6, 6.07) is 17.3. The van der Waals surface area contributed by atoms with Crippen molar-refractivity contribution in [3.8, 4) is 0 Å². The number of nitrogens with one attached hydrogen (secondary N) is 1. The molecule has 2 aromatic rings. The molecule has 0 unspecified atom stereocenters. The number of benzene rings is 2. The van der Waals surface area contributed by atoms with Crippen molar-refractivity contribution >= 4 is 21.6 Å². The van der Waals surface area contributed by atoms with Crippen molar-refractivity contribution in [3.05, 3.63) is 64.1 Å². The Bertz CT molecular complexity index is 534. The molecule has 0 aliphatic rings. The number of halogens is 1. The van der Waals surface area contributed by atoms with Gasteiger partial charge in [-0.2, -0.15) is 0 Å². The second-order valence-corrected chi connectivity index (χ2v) is 6.24. The molecule has 0 saturated heterocycles. The summed E-state index contributed by atoms with van der Waals surface area (Å²) in [6.07, 6.45) is 1.17. The number of anilines is 1. The molecule has 0 fully saturated rings. The number of hydrogen-bond acceptors (Lipinski definition) is 2. The van der Waals surface area contributed by atoms with Crippen LogP contribution in [0.15, 0.2) is 53.0 Å². The van der Waals surface area contributed by atoms with Gasteiger partial charge in [-0.15, -0.1) is 0 Å². The highest BCUT2D eigenvalue weighted by atomic mass is 79.9. The molecule has 0 saturated carbocycles. The van der Waals surface area contributed by atoms with Crippen molar-refractivity contribution < 1.29 is 0 Å². The molecule has 0 aliphatic heterocycles. The summed E-state index contributed by atoms with van der Waals surface area (Å²) in [6.45, 7) is 5.13. The van der Waals surface area contributed by atoms with Gasteiger partial charge in [0.2, 0.25) is 0 Å². The Labute approximate surface area is 136 Å². The van der Waals surface area contributed by atoms with Gasteiger partial charge in [0.15, 0.2) is 0 Å². The SMILES string of the molecule is CCCNCc1ccc(N(C)Cc2ccc(Br)cc2)cc1. The summed E-state index contributed by atoms with van der Waals surface area (Å²) in [5, 5.41) is 3.43. The maximum atomic E-state index is 3.47. The molecule has 2 nitrogen and oxygen atoms in total. The molecule has 0 aromatic heterocycles. The van der Waals surface area contributed by atoms with E-state index < -0.39 is 0 Å². The van der Waals surface area contributed by atoms with Crippen LogP contribution in [0.25, 0.3) is 0 Å². The molecule has 112 valence electrons. The molecule has 1 N–H and O–H groups in total. The summed E-state index contributed by atoms with van der Waals surface area (Å²) in [4.78, 5) is 2.27. The molecule has 0 bridgehead atoms. The van der Waals surface area contributed by atoms with E-state index in [1.807, 2.05) is 0 Å². The minimum atomic E-state index is 0.917. The van der Waals surface area contributed by atoms with Crippen LogP contribution in [0.4, 0.5) is 5.69 Å². The first-order valence-corrected chi connectivity index (χ1v) is 8.23. The van der Waals surface area contributed by atoms with E-state index in [0.717, 1.165) is 24.1 Å². The highest BCUT2D eigenvalue weighted by Crippen LogP contribution is 2.18. The molecule has 0 aliphatic carbocycles. The standard InChI is InChI=1S/C18H23BrN2/c1-3-12-20-13-15-6-10-18(11-7-15)21(2)14-16-4-8-17(19)9-5-16/h4-11,20H,3,12-14H2,1-2H3. The van der Waals surface area contributed by atoms with E-state index in [2.05, 4.69) is 88.6 Å². The highest BCUT2D eigenvalue weighted by Gasteiger charge is 2.02.